The van der Waals surface area contributed by atoms with E-state index in [0.29, 0.717) is 17.8 Å². The van der Waals surface area contributed by atoms with Crippen molar-refractivity contribution in [3.8, 4) is 6.07 Å². The molecule has 0 bridgehead atoms. The first kappa shape index (κ1) is 14.1. The number of amides is 2. The Balaban J connectivity index is 2.02. The molecule has 1 heterocycles. The topological polar surface area (TPSA) is 56.1 Å². The number of para-hydroxylation sites is 1. The lowest BCUT2D eigenvalue weighted by Gasteiger charge is -2.17. The fraction of sp³-hybridized carbons (Fsp3) is 0.200. The fourth-order valence-electron chi connectivity index (χ4n) is 1.78. The van der Waals surface area contributed by atoms with Crippen LogP contribution in [-0.2, 0) is 6.54 Å². The molecule has 4 nitrogen and oxygen atoms in total. The number of benzene rings is 1. The monoisotopic (exact) mass is 285 g/mol. The maximum Gasteiger partial charge on any atom is 0.321 e. The molecule has 20 heavy (non-hydrogen) atoms. The van der Waals surface area contributed by atoms with Gasteiger partial charge in [0.05, 0.1) is 17.8 Å². The van der Waals surface area contributed by atoms with Crippen LogP contribution in [0, 0.1) is 18.3 Å². The SMILES string of the molecule is Cc1ccc(CN(C)C(=O)Nc2ccccc2C#N)s1. The van der Waals surface area contributed by atoms with Crippen molar-refractivity contribution in [2.24, 2.45) is 0 Å². The minimum atomic E-state index is -0.223. The van der Waals surface area contributed by atoms with Gasteiger partial charge in [0, 0.05) is 16.8 Å². The van der Waals surface area contributed by atoms with Crippen LogP contribution in [-0.4, -0.2) is 18.0 Å². The fourth-order valence-corrected chi connectivity index (χ4v) is 2.72. The average molecular weight is 285 g/mol. The van der Waals surface area contributed by atoms with Crippen LogP contribution in [0.3, 0.4) is 0 Å². The van der Waals surface area contributed by atoms with E-state index in [-0.39, 0.29) is 6.03 Å². The van der Waals surface area contributed by atoms with Crippen LogP contribution in [0.1, 0.15) is 15.3 Å². The van der Waals surface area contributed by atoms with Crippen molar-refractivity contribution in [2.45, 2.75) is 13.5 Å². The molecule has 5 heteroatoms. The zero-order valence-corrected chi connectivity index (χ0v) is 12.2. The van der Waals surface area contributed by atoms with E-state index in [4.69, 9.17) is 5.26 Å². The Labute approximate surface area is 122 Å². The van der Waals surface area contributed by atoms with Crippen LogP contribution < -0.4 is 5.32 Å². The lowest BCUT2D eigenvalue weighted by atomic mass is 10.2. The summed E-state index contributed by atoms with van der Waals surface area (Å²) < 4.78 is 0. The third kappa shape index (κ3) is 3.37. The molecule has 0 aliphatic rings. The molecule has 0 radical (unpaired) electrons. The molecule has 1 aromatic heterocycles. The van der Waals surface area contributed by atoms with Gasteiger partial charge >= 0.3 is 6.03 Å². The Kier molecular flexibility index (Phi) is 4.38. The van der Waals surface area contributed by atoms with Crippen molar-refractivity contribution in [1.82, 2.24) is 4.90 Å². The highest BCUT2D eigenvalue weighted by Gasteiger charge is 2.12. The average Bonchev–Trinajstić information content (AvgIpc) is 2.84. The van der Waals surface area contributed by atoms with Gasteiger partial charge in [0.1, 0.15) is 6.07 Å². The number of hydrogen-bond acceptors (Lipinski definition) is 3. The molecule has 0 fully saturated rings. The number of nitriles is 1. The van der Waals surface area contributed by atoms with E-state index in [0.717, 1.165) is 4.88 Å². The smallest absolute Gasteiger partial charge is 0.321 e. The van der Waals surface area contributed by atoms with Crippen LogP contribution in [0.4, 0.5) is 10.5 Å². The van der Waals surface area contributed by atoms with E-state index in [9.17, 15) is 4.79 Å². The van der Waals surface area contributed by atoms with Crippen LogP contribution in [0.15, 0.2) is 36.4 Å². The molecule has 0 unspecified atom stereocenters. The Bertz CT molecular complexity index is 657. The molecule has 0 aliphatic carbocycles. The van der Waals surface area contributed by atoms with E-state index in [2.05, 4.69) is 11.4 Å². The predicted molar refractivity (Wildman–Crippen MR) is 80.7 cm³/mol. The third-order valence-corrected chi connectivity index (χ3v) is 3.81. The molecular weight excluding hydrogens is 270 g/mol. The summed E-state index contributed by atoms with van der Waals surface area (Å²) in [5.74, 6) is 0. The van der Waals surface area contributed by atoms with E-state index in [1.165, 1.54) is 4.88 Å². The number of carbonyl (C=O) groups is 1. The van der Waals surface area contributed by atoms with E-state index in [1.807, 2.05) is 19.1 Å². The zero-order chi connectivity index (χ0) is 14.5. The summed E-state index contributed by atoms with van der Waals surface area (Å²) in [4.78, 5) is 16.1. The van der Waals surface area contributed by atoms with Gasteiger partial charge in [0.2, 0.25) is 0 Å². The standard InChI is InChI=1S/C15H15N3OS/c1-11-7-8-13(20-11)10-18(2)15(19)17-14-6-4-3-5-12(14)9-16/h3-8H,10H2,1-2H3,(H,17,19). The minimum absolute atomic E-state index is 0.223. The van der Waals surface area contributed by atoms with Gasteiger partial charge in [-0.1, -0.05) is 12.1 Å². The van der Waals surface area contributed by atoms with Crippen LogP contribution in [0.25, 0.3) is 0 Å². The first-order chi connectivity index (χ1) is 9.60. The number of rotatable bonds is 3. The number of carbonyl (C=O) groups excluding carboxylic acids is 1. The third-order valence-electron chi connectivity index (χ3n) is 2.82. The summed E-state index contributed by atoms with van der Waals surface area (Å²) >= 11 is 1.67. The van der Waals surface area contributed by atoms with Crippen molar-refractivity contribution in [2.75, 3.05) is 12.4 Å². The molecular formula is C15H15N3OS. The normalized spacial score (nSPS) is 9.85. The lowest BCUT2D eigenvalue weighted by molar-refractivity contribution is 0.221. The van der Waals surface area contributed by atoms with Crippen molar-refractivity contribution in [1.29, 1.82) is 5.26 Å². The molecule has 0 spiro atoms. The van der Waals surface area contributed by atoms with Gasteiger partial charge in [-0.3, -0.25) is 0 Å². The zero-order valence-electron chi connectivity index (χ0n) is 11.4. The number of urea groups is 1. The summed E-state index contributed by atoms with van der Waals surface area (Å²) in [5.41, 5.74) is 0.996. The Morgan fingerprint density at radius 2 is 2.10 bits per heavy atom. The van der Waals surface area contributed by atoms with Crippen molar-refractivity contribution < 1.29 is 4.79 Å². The highest BCUT2D eigenvalue weighted by atomic mass is 32.1. The number of nitrogens with zero attached hydrogens (tertiary/aromatic N) is 2. The van der Waals surface area contributed by atoms with Gasteiger partial charge in [-0.2, -0.15) is 5.26 Å². The lowest BCUT2D eigenvalue weighted by Crippen LogP contribution is -2.30. The van der Waals surface area contributed by atoms with Gasteiger partial charge in [-0.25, -0.2) is 4.79 Å². The van der Waals surface area contributed by atoms with E-state index in [1.54, 1.807) is 47.5 Å². The second kappa shape index (κ2) is 6.22. The molecule has 2 rings (SSSR count). The Morgan fingerprint density at radius 1 is 1.35 bits per heavy atom. The predicted octanol–water partition coefficient (Wildman–Crippen LogP) is 3.59. The molecule has 1 N–H and O–H groups in total. The van der Waals surface area contributed by atoms with Crippen LogP contribution in [0.2, 0.25) is 0 Å². The highest BCUT2D eigenvalue weighted by molar-refractivity contribution is 7.11. The largest absolute Gasteiger partial charge is 0.322 e. The first-order valence-corrected chi connectivity index (χ1v) is 6.98. The summed E-state index contributed by atoms with van der Waals surface area (Å²) in [6.45, 7) is 2.59. The molecule has 1 aromatic carbocycles. The van der Waals surface area contributed by atoms with Crippen molar-refractivity contribution in [3.05, 3.63) is 51.7 Å². The molecule has 2 amide bonds. The summed E-state index contributed by atoms with van der Waals surface area (Å²) in [5, 5.41) is 11.8. The number of hydrogen-bond donors (Lipinski definition) is 1. The number of anilines is 1. The summed E-state index contributed by atoms with van der Waals surface area (Å²) in [6.07, 6.45) is 0. The van der Waals surface area contributed by atoms with Crippen LogP contribution in [0.5, 0.6) is 0 Å². The van der Waals surface area contributed by atoms with Gasteiger partial charge in [0.25, 0.3) is 0 Å². The molecule has 0 saturated carbocycles. The molecule has 102 valence electrons. The second-order valence-corrected chi connectivity index (χ2v) is 5.83. The van der Waals surface area contributed by atoms with Crippen molar-refractivity contribution in [3.63, 3.8) is 0 Å². The Hall–Kier alpha value is -2.32. The molecule has 2 aromatic rings. The number of nitrogens with one attached hydrogen (secondary N) is 1. The maximum absolute atomic E-state index is 12.1. The quantitative estimate of drug-likeness (QED) is 0.937. The molecule has 0 aliphatic heterocycles. The molecule has 0 saturated heterocycles. The van der Waals surface area contributed by atoms with Gasteiger partial charge < -0.3 is 10.2 Å². The maximum atomic E-state index is 12.1. The summed E-state index contributed by atoms with van der Waals surface area (Å²) in [6, 6.07) is 12.9. The van der Waals surface area contributed by atoms with Crippen molar-refractivity contribution >= 4 is 23.1 Å². The highest BCUT2D eigenvalue weighted by Crippen LogP contribution is 2.18. The minimum Gasteiger partial charge on any atom is -0.322 e. The van der Waals surface area contributed by atoms with E-state index < -0.39 is 0 Å². The molecule has 0 atom stereocenters. The summed E-state index contributed by atoms with van der Waals surface area (Å²) in [7, 11) is 1.74. The second-order valence-electron chi connectivity index (χ2n) is 4.46. The van der Waals surface area contributed by atoms with Gasteiger partial charge in [-0.05, 0) is 31.2 Å². The number of aryl methyl sites for hydroxylation is 1. The van der Waals surface area contributed by atoms with E-state index >= 15 is 0 Å². The first-order valence-electron chi connectivity index (χ1n) is 6.16. The number of thiophene rings is 1. The van der Waals surface area contributed by atoms with Gasteiger partial charge in [-0.15, -0.1) is 11.3 Å². The Morgan fingerprint density at radius 3 is 2.75 bits per heavy atom. The van der Waals surface area contributed by atoms with Gasteiger partial charge in [0.15, 0.2) is 0 Å². The van der Waals surface area contributed by atoms with Crippen LogP contribution >= 0.6 is 11.3 Å².